The van der Waals surface area contributed by atoms with Crippen LogP contribution >= 0.6 is 0 Å². The summed E-state index contributed by atoms with van der Waals surface area (Å²) in [4.78, 5) is 29.6. The van der Waals surface area contributed by atoms with Crippen LogP contribution in [0.2, 0.25) is 0 Å². The topological polar surface area (TPSA) is 185 Å². The third-order valence-corrected chi connectivity index (χ3v) is 5.60. The fourth-order valence-corrected chi connectivity index (χ4v) is 3.64. The van der Waals surface area contributed by atoms with Crippen LogP contribution in [-0.4, -0.2) is 69.7 Å². The van der Waals surface area contributed by atoms with E-state index >= 15 is 0 Å². The van der Waals surface area contributed by atoms with E-state index in [4.69, 9.17) is 9.47 Å². The van der Waals surface area contributed by atoms with Gasteiger partial charge >= 0.3 is 16.2 Å². The first-order valence-corrected chi connectivity index (χ1v) is 10.2. The van der Waals surface area contributed by atoms with Crippen molar-refractivity contribution in [3.63, 3.8) is 0 Å². The summed E-state index contributed by atoms with van der Waals surface area (Å²) < 4.78 is 45.2. The van der Waals surface area contributed by atoms with Gasteiger partial charge in [0.2, 0.25) is 0 Å². The fourth-order valence-electron chi connectivity index (χ4n) is 3.18. The molecule has 4 N–H and O–H groups in total. The van der Waals surface area contributed by atoms with Crippen LogP contribution in [0.1, 0.15) is 22.2 Å². The predicted molar refractivity (Wildman–Crippen MR) is 99.2 cm³/mol. The van der Waals surface area contributed by atoms with E-state index in [9.17, 15) is 32.1 Å². The normalized spacial score (nSPS) is 23.8. The number of rotatable bonds is 5. The van der Waals surface area contributed by atoms with Crippen LogP contribution in [-0.2, 0) is 19.7 Å². The number of aromatic nitrogens is 4. The fraction of sp³-hybridized carbons (Fsp3) is 0.294. The molecule has 164 valence electrons. The Kier molecular flexibility index (Phi) is 5.30. The number of nitrogens with zero attached hydrogens (tertiary/aromatic N) is 2. The van der Waals surface area contributed by atoms with Crippen molar-refractivity contribution in [2.45, 2.75) is 29.3 Å². The molecule has 4 rings (SSSR count). The summed E-state index contributed by atoms with van der Waals surface area (Å²) in [6, 6.07) is 3.95. The number of benzene rings is 1. The van der Waals surface area contributed by atoms with Crippen molar-refractivity contribution in [3.05, 3.63) is 52.2 Å². The summed E-state index contributed by atoms with van der Waals surface area (Å²) in [5.74, 6) is -0.878. The number of aliphatic hydroxyl groups is 2. The lowest BCUT2D eigenvalue weighted by Gasteiger charge is -2.14. The summed E-state index contributed by atoms with van der Waals surface area (Å²) in [6.07, 6.45) is -3.94. The first-order chi connectivity index (χ1) is 14.7. The molecular weight excluding hydrogens is 439 g/mol. The third-order valence-electron chi connectivity index (χ3n) is 4.77. The number of H-pyrrole nitrogens is 2. The van der Waals surface area contributed by atoms with Gasteiger partial charge in [0.05, 0.1) is 22.5 Å². The van der Waals surface area contributed by atoms with Crippen LogP contribution in [0.4, 0.5) is 3.89 Å². The molecule has 0 spiro atoms. The van der Waals surface area contributed by atoms with Crippen molar-refractivity contribution >= 4 is 27.2 Å². The molecule has 0 bridgehead atoms. The highest BCUT2D eigenvalue weighted by atomic mass is 32.3. The second-order valence-corrected chi connectivity index (χ2v) is 8.05. The Balaban J connectivity index is 1.45. The summed E-state index contributed by atoms with van der Waals surface area (Å²) in [5.41, 5.74) is -0.237. The second kappa shape index (κ2) is 7.81. The highest BCUT2D eigenvalue weighted by Gasteiger charge is 2.45. The highest BCUT2D eigenvalue weighted by Crippen LogP contribution is 2.35. The van der Waals surface area contributed by atoms with E-state index in [1.165, 1.54) is 0 Å². The number of halogens is 1. The zero-order chi connectivity index (χ0) is 22.3. The van der Waals surface area contributed by atoms with Crippen LogP contribution in [0.3, 0.4) is 0 Å². The van der Waals surface area contributed by atoms with Crippen LogP contribution < -0.4 is 5.56 Å². The molecular formula is C17H15FN4O8S. The summed E-state index contributed by atoms with van der Waals surface area (Å²) >= 11 is 0. The molecule has 1 aliphatic heterocycles. The summed E-state index contributed by atoms with van der Waals surface area (Å²) in [5, 5.41) is 27.0. The minimum absolute atomic E-state index is 0.00333. The molecule has 0 aliphatic carbocycles. The van der Waals surface area contributed by atoms with Crippen LogP contribution in [0.15, 0.2) is 40.3 Å². The molecule has 4 atom stereocenters. The third kappa shape index (κ3) is 3.93. The van der Waals surface area contributed by atoms with Crippen molar-refractivity contribution in [2.75, 3.05) is 6.61 Å². The van der Waals surface area contributed by atoms with E-state index in [2.05, 4.69) is 20.2 Å². The Bertz CT molecular complexity index is 1290. The molecule has 3 aromatic rings. The van der Waals surface area contributed by atoms with Gasteiger partial charge in [0.25, 0.3) is 5.56 Å². The Morgan fingerprint density at radius 1 is 1.19 bits per heavy atom. The van der Waals surface area contributed by atoms with Gasteiger partial charge in [-0.2, -0.15) is 13.5 Å². The Morgan fingerprint density at radius 3 is 2.58 bits per heavy atom. The number of esters is 1. The number of nitrogens with one attached hydrogen (secondary N) is 2. The minimum atomic E-state index is -4.90. The van der Waals surface area contributed by atoms with Gasteiger partial charge in [0, 0.05) is 0 Å². The maximum atomic E-state index is 12.9. The van der Waals surface area contributed by atoms with Crippen molar-refractivity contribution in [1.82, 2.24) is 20.2 Å². The van der Waals surface area contributed by atoms with Crippen LogP contribution in [0, 0.1) is 0 Å². The number of carbonyl (C=O) groups excluding carboxylic acids is 1. The van der Waals surface area contributed by atoms with E-state index in [0.29, 0.717) is 0 Å². The molecule has 0 radical (unpaired) electrons. The number of hydrogen-bond acceptors (Lipinski definition) is 10. The molecule has 14 heteroatoms. The lowest BCUT2D eigenvalue weighted by molar-refractivity contribution is -0.0347. The van der Waals surface area contributed by atoms with Gasteiger partial charge in [-0.1, -0.05) is 0 Å². The van der Waals surface area contributed by atoms with Gasteiger partial charge in [-0.15, -0.1) is 3.89 Å². The predicted octanol–water partition coefficient (Wildman–Crippen LogP) is -0.677. The zero-order valence-corrected chi connectivity index (χ0v) is 16.2. The molecule has 0 saturated carbocycles. The van der Waals surface area contributed by atoms with Crippen molar-refractivity contribution in [2.24, 2.45) is 0 Å². The number of fused-ring (bicyclic) bond motifs is 1. The van der Waals surface area contributed by atoms with Gasteiger partial charge in [0.15, 0.2) is 5.52 Å². The standard InChI is InChI=1S/C17H15FN4O8S/c18-31(27,28)8-3-1-7(2-4-8)17(26)29-5-9-13(23)14(24)15(30-9)11-10-12(22-21-11)16(25)20-6-19-10/h1-4,6,9,13-15,23-24H,5H2,(H,21,22)(H,19,20,25)/t9-,13-,14-,15?/m1/s1. The number of ether oxygens (including phenoxy) is 2. The van der Waals surface area contributed by atoms with Crippen molar-refractivity contribution in [1.29, 1.82) is 0 Å². The Morgan fingerprint density at radius 2 is 1.90 bits per heavy atom. The lowest BCUT2D eigenvalue weighted by Crippen LogP contribution is -2.34. The monoisotopic (exact) mass is 454 g/mol. The second-order valence-electron chi connectivity index (χ2n) is 6.70. The van der Waals surface area contributed by atoms with Crippen LogP contribution in [0.5, 0.6) is 0 Å². The molecule has 1 unspecified atom stereocenters. The van der Waals surface area contributed by atoms with E-state index < -0.39 is 57.7 Å². The van der Waals surface area contributed by atoms with Crippen LogP contribution in [0.25, 0.3) is 11.0 Å². The Labute approximate surface area is 172 Å². The maximum absolute atomic E-state index is 12.9. The molecule has 31 heavy (non-hydrogen) atoms. The number of aliphatic hydroxyl groups excluding tert-OH is 2. The molecule has 1 aliphatic rings. The highest BCUT2D eigenvalue weighted by molar-refractivity contribution is 7.86. The van der Waals surface area contributed by atoms with E-state index in [-0.39, 0.29) is 22.3 Å². The van der Waals surface area contributed by atoms with E-state index in [0.717, 1.165) is 30.6 Å². The maximum Gasteiger partial charge on any atom is 0.338 e. The quantitative estimate of drug-likeness (QED) is 0.284. The Hall–Kier alpha value is -3.20. The average Bonchev–Trinajstić information content (AvgIpc) is 3.28. The van der Waals surface area contributed by atoms with E-state index in [1.54, 1.807) is 0 Å². The summed E-state index contributed by atoms with van der Waals surface area (Å²) in [6.45, 7) is -0.448. The molecule has 3 heterocycles. The minimum Gasteiger partial charge on any atom is -0.459 e. The zero-order valence-electron chi connectivity index (χ0n) is 15.4. The van der Waals surface area contributed by atoms with Gasteiger partial charge in [-0.3, -0.25) is 9.89 Å². The average molecular weight is 454 g/mol. The van der Waals surface area contributed by atoms with E-state index in [1.807, 2.05) is 0 Å². The molecule has 12 nitrogen and oxygen atoms in total. The molecule has 1 saturated heterocycles. The van der Waals surface area contributed by atoms with Crippen molar-refractivity contribution in [3.8, 4) is 0 Å². The number of aromatic amines is 2. The largest absolute Gasteiger partial charge is 0.459 e. The molecule has 2 aromatic heterocycles. The SMILES string of the molecule is O=C(OC[C@H]1OC(c2[nH]nc3c(=O)[nH]cnc23)[C@H](O)[C@@H]1O)c1ccc(S(=O)(=O)F)cc1. The smallest absolute Gasteiger partial charge is 0.338 e. The summed E-state index contributed by atoms with van der Waals surface area (Å²) in [7, 11) is -4.90. The molecule has 1 aromatic carbocycles. The first-order valence-electron chi connectivity index (χ1n) is 8.82. The van der Waals surface area contributed by atoms with Gasteiger partial charge < -0.3 is 24.7 Å². The number of carbonyl (C=O) groups is 1. The molecule has 1 fully saturated rings. The molecule has 0 amide bonds. The van der Waals surface area contributed by atoms with Crippen molar-refractivity contribution < 1.29 is 36.8 Å². The van der Waals surface area contributed by atoms with Gasteiger partial charge in [-0.05, 0) is 24.3 Å². The first kappa shape index (κ1) is 21.0. The number of hydrogen-bond donors (Lipinski definition) is 4. The van der Waals surface area contributed by atoms with Gasteiger partial charge in [-0.25, -0.2) is 9.78 Å². The van der Waals surface area contributed by atoms with Gasteiger partial charge in [0.1, 0.15) is 36.5 Å². The lowest BCUT2D eigenvalue weighted by atomic mass is 10.1.